The maximum atomic E-state index is 11.8. The molecule has 1 saturated heterocycles. The van der Waals surface area contributed by atoms with Gasteiger partial charge in [0.15, 0.2) is 6.29 Å². The van der Waals surface area contributed by atoms with Crippen LogP contribution in [0.15, 0.2) is 0 Å². The molecule has 1 aliphatic rings. The lowest BCUT2D eigenvalue weighted by atomic mass is 9.94. The predicted octanol–water partition coefficient (Wildman–Crippen LogP) is 7.18. The van der Waals surface area contributed by atoms with Crippen molar-refractivity contribution in [3.63, 3.8) is 0 Å². The maximum Gasteiger partial charge on any atom is 0.217 e. The van der Waals surface area contributed by atoms with Crippen LogP contribution in [0.25, 0.3) is 0 Å². The molecule has 0 aromatic heterocycles. The van der Waals surface area contributed by atoms with E-state index in [1.807, 2.05) is 0 Å². The van der Waals surface area contributed by atoms with Gasteiger partial charge in [-0.2, -0.15) is 0 Å². The maximum absolute atomic E-state index is 11.8. The largest absolute Gasteiger partial charge is 0.394 e. The van der Waals surface area contributed by atoms with Crippen molar-refractivity contribution in [1.82, 2.24) is 5.32 Å². The van der Waals surface area contributed by atoms with E-state index in [2.05, 4.69) is 19.2 Å². The number of aliphatic hydroxyl groups is 3. The Balaban J connectivity index is 2.49. The quantitative estimate of drug-likeness (QED) is 0.0760. The zero-order valence-electron chi connectivity index (χ0n) is 27.0. The smallest absolute Gasteiger partial charge is 0.217 e. The Kier molecular flexibility index (Phi) is 24.0. The lowest BCUT2D eigenvalue weighted by Crippen LogP contribution is -2.64. The van der Waals surface area contributed by atoms with Crippen molar-refractivity contribution in [1.29, 1.82) is 0 Å². The third kappa shape index (κ3) is 18.5. The van der Waals surface area contributed by atoms with Gasteiger partial charge in [0.1, 0.15) is 24.4 Å². The average Bonchev–Trinajstić information content (AvgIpc) is 2.96. The summed E-state index contributed by atoms with van der Waals surface area (Å²) in [5, 5.41) is 33.2. The van der Waals surface area contributed by atoms with Gasteiger partial charge in [0.2, 0.25) is 5.91 Å². The van der Waals surface area contributed by atoms with E-state index < -0.39 is 37.3 Å². The lowest BCUT2D eigenvalue weighted by Gasteiger charge is -2.42. The van der Waals surface area contributed by atoms with E-state index >= 15 is 0 Å². The number of hydrogen-bond acceptors (Lipinski definition) is 6. The number of carbonyl (C=O) groups is 1. The summed E-state index contributed by atoms with van der Waals surface area (Å²) in [7, 11) is 0. The molecule has 7 heteroatoms. The van der Waals surface area contributed by atoms with Crippen LogP contribution in [-0.4, -0.2) is 65.1 Å². The number of aliphatic hydroxyl groups excluding tert-OH is 3. The van der Waals surface area contributed by atoms with Crippen LogP contribution in [0.4, 0.5) is 0 Å². The van der Waals surface area contributed by atoms with Gasteiger partial charge < -0.3 is 30.1 Å². The lowest BCUT2D eigenvalue weighted by molar-refractivity contribution is -0.272. The van der Waals surface area contributed by atoms with Gasteiger partial charge in [-0.3, -0.25) is 4.79 Å². The number of rotatable bonds is 27. The third-order valence-electron chi connectivity index (χ3n) is 8.68. The summed E-state index contributed by atoms with van der Waals surface area (Å²) in [5.41, 5.74) is 0. The number of nitrogens with one attached hydrogen (secondary N) is 1. The molecule has 1 fully saturated rings. The molecule has 0 unspecified atom stereocenters. The Morgan fingerprint density at radius 1 is 0.707 bits per heavy atom. The molecule has 4 N–H and O–H groups in total. The van der Waals surface area contributed by atoms with Gasteiger partial charge >= 0.3 is 0 Å². The van der Waals surface area contributed by atoms with Crippen molar-refractivity contribution >= 4 is 5.91 Å². The molecule has 1 rings (SSSR count). The van der Waals surface area contributed by atoms with Gasteiger partial charge in [-0.1, -0.05) is 142 Å². The first-order valence-electron chi connectivity index (χ1n) is 17.5. The second-order valence-electron chi connectivity index (χ2n) is 12.6. The Morgan fingerprint density at radius 2 is 1.12 bits per heavy atom. The molecular weight excluding hydrogens is 518 g/mol. The number of unbranched alkanes of at least 4 members (excludes halogenated alkanes) is 18. The number of amides is 1. The Hall–Kier alpha value is -0.730. The van der Waals surface area contributed by atoms with Gasteiger partial charge in [-0.25, -0.2) is 0 Å². The summed E-state index contributed by atoms with van der Waals surface area (Å²) in [6, 6.07) is -0.874. The summed E-state index contributed by atoms with van der Waals surface area (Å²) in [4.78, 5) is 11.8. The van der Waals surface area contributed by atoms with Crippen molar-refractivity contribution in [2.24, 2.45) is 5.92 Å². The van der Waals surface area contributed by atoms with Crippen molar-refractivity contribution < 1.29 is 29.6 Å². The Labute approximate surface area is 252 Å². The Morgan fingerprint density at radius 3 is 1.51 bits per heavy atom. The average molecular weight is 586 g/mol. The summed E-state index contributed by atoms with van der Waals surface area (Å²) >= 11 is 0. The van der Waals surface area contributed by atoms with Crippen LogP contribution in [0.3, 0.4) is 0 Å². The minimum atomic E-state index is -1.29. The molecule has 0 aromatic rings. The van der Waals surface area contributed by atoms with Crippen molar-refractivity contribution in [2.75, 3.05) is 13.2 Å². The second-order valence-corrected chi connectivity index (χ2v) is 12.6. The molecule has 0 spiro atoms. The molecule has 1 amide bonds. The molecule has 0 bridgehead atoms. The van der Waals surface area contributed by atoms with E-state index in [4.69, 9.17) is 9.47 Å². The van der Waals surface area contributed by atoms with Crippen molar-refractivity contribution in [3.05, 3.63) is 0 Å². The molecule has 7 nitrogen and oxygen atoms in total. The van der Waals surface area contributed by atoms with E-state index in [0.717, 1.165) is 12.8 Å². The normalized spacial score (nSPS) is 22.9. The minimum Gasteiger partial charge on any atom is -0.394 e. The van der Waals surface area contributed by atoms with Crippen LogP contribution in [0.5, 0.6) is 0 Å². The molecule has 41 heavy (non-hydrogen) atoms. The zero-order chi connectivity index (χ0) is 30.1. The van der Waals surface area contributed by atoms with E-state index in [1.165, 1.54) is 135 Å². The molecular formula is C34H67NO6. The van der Waals surface area contributed by atoms with Gasteiger partial charge in [0.05, 0.1) is 13.2 Å². The predicted molar refractivity (Wildman–Crippen MR) is 168 cm³/mol. The van der Waals surface area contributed by atoms with Gasteiger partial charge in [0.25, 0.3) is 0 Å². The highest BCUT2D eigenvalue weighted by Gasteiger charge is 2.45. The van der Waals surface area contributed by atoms with Gasteiger partial charge in [-0.05, 0) is 18.8 Å². The van der Waals surface area contributed by atoms with E-state index in [-0.39, 0.29) is 5.91 Å². The molecule has 1 heterocycles. The minimum absolute atomic E-state index is 0.326. The van der Waals surface area contributed by atoms with Crippen molar-refractivity contribution in [2.45, 2.75) is 193 Å². The molecule has 5 atom stereocenters. The second kappa shape index (κ2) is 25.7. The zero-order valence-corrected chi connectivity index (χ0v) is 27.0. The van der Waals surface area contributed by atoms with Crippen LogP contribution in [0.2, 0.25) is 0 Å². The third-order valence-corrected chi connectivity index (χ3v) is 8.68. The molecule has 0 saturated carbocycles. The highest BCUT2D eigenvalue weighted by molar-refractivity contribution is 5.73. The topological polar surface area (TPSA) is 108 Å². The molecule has 0 aromatic carbocycles. The van der Waals surface area contributed by atoms with Crippen LogP contribution >= 0.6 is 0 Å². The fourth-order valence-corrected chi connectivity index (χ4v) is 6.00. The van der Waals surface area contributed by atoms with E-state index in [9.17, 15) is 20.1 Å². The van der Waals surface area contributed by atoms with E-state index in [0.29, 0.717) is 12.5 Å². The fourth-order valence-electron chi connectivity index (χ4n) is 6.00. The highest BCUT2D eigenvalue weighted by atomic mass is 16.7. The highest BCUT2D eigenvalue weighted by Crippen LogP contribution is 2.25. The van der Waals surface area contributed by atoms with Gasteiger partial charge in [-0.15, -0.1) is 0 Å². The summed E-state index contributed by atoms with van der Waals surface area (Å²) < 4.78 is 12.0. The molecule has 0 aliphatic carbocycles. The fraction of sp³-hybridized carbons (Fsp3) is 0.971. The van der Waals surface area contributed by atoms with Gasteiger partial charge in [0, 0.05) is 6.92 Å². The van der Waals surface area contributed by atoms with Crippen molar-refractivity contribution in [3.8, 4) is 0 Å². The van der Waals surface area contributed by atoms with E-state index in [1.54, 1.807) is 0 Å². The Bertz CT molecular complexity index is 582. The summed E-state index contributed by atoms with van der Waals surface area (Å²) in [5.74, 6) is 0.0596. The standard InChI is InChI=1S/C34H67NO6/c1-4-6-8-10-12-14-16-18-20-22-24-29(25-23-21-19-17-15-13-11-9-7-5-2)27-40-34-31(35-28(3)37)33(39)32(38)30(26-36)41-34/h29-34,36,38-39H,4-27H2,1-3H3,(H,35,37)/t30-,31-,32-,33-,34-/m1/s1. The van der Waals surface area contributed by atoms with Crippen LogP contribution < -0.4 is 5.32 Å². The summed E-state index contributed by atoms with van der Waals surface area (Å²) in [6.07, 6.45) is 24.1. The number of carbonyl (C=O) groups excluding carboxylic acids is 1. The molecule has 244 valence electrons. The van der Waals surface area contributed by atoms with Crippen LogP contribution in [0.1, 0.15) is 162 Å². The monoisotopic (exact) mass is 585 g/mol. The SMILES string of the molecule is CCCCCCCCCCCCC(CCCCCCCCCCCC)CO[C@@H]1O[C@H](CO)[C@@H](O)[C@H](O)[C@H]1NC(C)=O. The molecule has 0 radical (unpaired) electrons. The number of ether oxygens (including phenoxy) is 2. The van der Waals surface area contributed by atoms with Crippen LogP contribution in [0, 0.1) is 5.92 Å². The summed E-state index contributed by atoms with van der Waals surface area (Å²) in [6.45, 7) is 5.95. The first kappa shape index (κ1) is 38.3. The van der Waals surface area contributed by atoms with Crippen LogP contribution in [-0.2, 0) is 14.3 Å². The first-order valence-corrected chi connectivity index (χ1v) is 17.5. The number of hydrogen-bond donors (Lipinski definition) is 4. The first-order chi connectivity index (χ1) is 19.9. The molecule has 1 aliphatic heterocycles.